The average Bonchev–Trinajstić information content (AvgIpc) is 2.93. The Kier molecular flexibility index (Phi) is 7.06. The van der Waals surface area contributed by atoms with Crippen molar-refractivity contribution >= 4 is 33.0 Å². The highest BCUT2D eigenvalue weighted by Crippen LogP contribution is 2.34. The molecule has 0 unspecified atom stereocenters. The molecule has 1 saturated heterocycles. The predicted molar refractivity (Wildman–Crippen MR) is 138 cm³/mol. The van der Waals surface area contributed by atoms with E-state index in [2.05, 4.69) is 10.0 Å². The molecule has 194 valence electrons. The van der Waals surface area contributed by atoms with Crippen LogP contribution >= 0.6 is 0 Å². The maximum absolute atomic E-state index is 13.6. The minimum Gasteiger partial charge on any atom is -0.495 e. The molecule has 2 aliphatic rings. The van der Waals surface area contributed by atoms with Crippen molar-refractivity contribution in [1.29, 1.82) is 0 Å². The molecule has 2 N–H and O–H groups in total. The monoisotopic (exact) mass is 525 g/mol. The normalized spacial score (nSPS) is 17.1. The zero-order chi connectivity index (χ0) is 25.8. The molecule has 0 aliphatic carbocycles. The van der Waals surface area contributed by atoms with E-state index in [4.69, 9.17) is 18.9 Å². The lowest BCUT2D eigenvalue weighted by molar-refractivity contribution is -0.125. The molecule has 0 saturated carbocycles. The molecule has 1 fully saturated rings. The van der Waals surface area contributed by atoms with Crippen molar-refractivity contribution in [1.82, 2.24) is 0 Å². The van der Waals surface area contributed by atoms with E-state index in [0.29, 0.717) is 60.6 Å². The number of fused-ring (bicyclic) bond motifs is 1. The Hall–Kier alpha value is -3.96. The van der Waals surface area contributed by atoms with Gasteiger partial charge in [-0.2, -0.15) is 0 Å². The summed E-state index contributed by atoms with van der Waals surface area (Å²) in [5, 5.41) is 2.77. The topological polar surface area (TPSA) is 115 Å². The first-order valence-corrected chi connectivity index (χ1v) is 13.2. The van der Waals surface area contributed by atoms with Crippen molar-refractivity contribution in [2.24, 2.45) is 0 Å². The Morgan fingerprint density at radius 3 is 2.51 bits per heavy atom. The third-order valence-electron chi connectivity index (χ3n) is 6.02. The fourth-order valence-electron chi connectivity index (χ4n) is 4.17. The van der Waals surface area contributed by atoms with Gasteiger partial charge >= 0.3 is 0 Å². The minimum absolute atomic E-state index is 0.0178. The van der Waals surface area contributed by atoms with Gasteiger partial charge < -0.3 is 29.2 Å². The molecular formula is C26H27N3O7S. The van der Waals surface area contributed by atoms with Crippen molar-refractivity contribution in [2.75, 3.05) is 55.0 Å². The molecule has 0 spiro atoms. The molecule has 10 nitrogen and oxygen atoms in total. The van der Waals surface area contributed by atoms with Crippen molar-refractivity contribution in [3.8, 4) is 17.2 Å². The molecule has 1 amide bonds. The van der Waals surface area contributed by atoms with E-state index in [9.17, 15) is 13.2 Å². The summed E-state index contributed by atoms with van der Waals surface area (Å²) in [5.74, 6) is 0.978. The second kappa shape index (κ2) is 10.6. The number of carbonyl (C=O) groups is 1. The number of morpholine rings is 1. The number of hydrogen-bond donors (Lipinski definition) is 2. The number of sulfonamides is 1. The van der Waals surface area contributed by atoms with E-state index in [0.717, 1.165) is 0 Å². The van der Waals surface area contributed by atoms with Gasteiger partial charge in [0, 0.05) is 18.8 Å². The van der Waals surface area contributed by atoms with Crippen LogP contribution in [0.5, 0.6) is 17.2 Å². The lowest BCUT2D eigenvalue weighted by Crippen LogP contribution is -2.40. The van der Waals surface area contributed by atoms with Crippen LogP contribution in [-0.2, 0) is 19.6 Å². The first-order valence-electron chi connectivity index (χ1n) is 11.8. The van der Waals surface area contributed by atoms with Gasteiger partial charge in [0.2, 0.25) is 6.10 Å². The van der Waals surface area contributed by atoms with Gasteiger partial charge in [0.05, 0.1) is 31.7 Å². The van der Waals surface area contributed by atoms with Crippen LogP contribution < -0.4 is 29.1 Å². The van der Waals surface area contributed by atoms with E-state index < -0.39 is 22.0 Å². The lowest BCUT2D eigenvalue weighted by atomic mass is 10.2. The molecule has 0 radical (unpaired) electrons. The highest BCUT2D eigenvalue weighted by molar-refractivity contribution is 7.93. The molecule has 1 atom stereocenters. The maximum Gasteiger partial charge on any atom is 0.269 e. The van der Waals surface area contributed by atoms with Gasteiger partial charge in [0.25, 0.3) is 15.9 Å². The fourth-order valence-corrected chi connectivity index (χ4v) is 5.50. The highest BCUT2D eigenvalue weighted by Gasteiger charge is 2.29. The molecule has 0 aromatic heterocycles. The summed E-state index contributed by atoms with van der Waals surface area (Å²) < 4.78 is 52.0. The zero-order valence-electron chi connectivity index (χ0n) is 20.2. The zero-order valence-corrected chi connectivity index (χ0v) is 21.0. The van der Waals surface area contributed by atoms with Crippen LogP contribution in [0.2, 0.25) is 0 Å². The van der Waals surface area contributed by atoms with E-state index in [1.807, 2.05) is 11.0 Å². The van der Waals surface area contributed by atoms with Crippen LogP contribution in [0.25, 0.3) is 0 Å². The third kappa shape index (κ3) is 5.42. The summed E-state index contributed by atoms with van der Waals surface area (Å²) in [6.45, 7) is 2.08. The summed E-state index contributed by atoms with van der Waals surface area (Å²) in [4.78, 5) is 14.9. The summed E-state index contributed by atoms with van der Waals surface area (Å²) in [5.41, 5.74) is 1.12. The molecule has 3 aromatic rings. The van der Waals surface area contributed by atoms with Gasteiger partial charge in [-0.3, -0.25) is 9.52 Å². The minimum atomic E-state index is -4.07. The summed E-state index contributed by atoms with van der Waals surface area (Å²) in [6.07, 6.45) is -0.888. The van der Waals surface area contributed by atoms with E-state index >= 15 is 0 Å². The van der Waals surface area contributed by atoms with Crippen LogP contribution in [0.4, 0.5) is 17.1 Å². The van der Waals surface area contributed by atoms with Crippen molar-refractivity contribution in [3.05, 3.63) is 66.7 Å². The fraction of sp³-hybridized carbons (Fsp3) is 0.269. The first kappa shape index (κ1) is 24.7. The molecule has 2 heterocycles. The van der Waals surface area contributed by atoms with Crippen molar-refractivity contribution in [2.45, 2.75) is 11.0 Å². The second-order valence-electron chi connectivity index (χ2n) is 8.44. The van der Waals surface area contributed by atoms with E-state index in [-0.39, 0.29) is 11.5 Å². The number of benzene rings is 3. The number of hydrogen-bond acceptors (Lipinski definition) is 8. The second-order valence-corrected chi connectivity index (χ2v) is 10.1. The number of nitrogens with one attached hydrogen (secondary N) is 2. The number of nitrogens with zero attached hydrogens (tertiary/aromatic N) is 1. The van der Waals surface area contributed by atoms with Gasteiger partial charge in [-0.15, -0.1) is 0 Å². The molecule has 37 heavy (non-hydrogen) atoms. The van der Waals surface area contributed by atoms with E-state index in [1.165, 1.54) is 13.2 Å². The van der Waals surface area contributed by atoms with E-state index in [1.54, 1.807) is 54.6 Å². The largest absolute Gasteiger partial charge is 0.495 e. The number of methoxy groups -OCH3 is 1. The number of amides is 1. The standard InChI is InChI=1S/C26H27N3O7S/c1-33-21-7-3-2-6-19(21)28-37(31,32)25-16-18(10-11-20(25)29-12-14-34-15-13-29)27-26(30)24-17-35-22-8-4-5-9-23(22)36-24/h2-11,16,24,28H,12-15,17H2,1H3,(H,27,30)/t24-/m1/s1. The SMILES string of the molecule is COc1ccccc1NS(=O)(=O)c1cc(NC(=O)[C@H]2COc3ccccc3O2)ccc1N1CCOCC1. The molecule has 11 heteroatoms. The summed E-state index contributed by atoms with van der Waals surface area (Å²) in [6, 6.07) is 18.6. The van der Waals surface area contributed by atoms with Crippen molar-refractivity contribution < 1.29 is 32.2 Å². The molecular weight excluding hydrogens is 498 g/mol. The Morgan fingerprint density at radius 2 is 1.73 bits per heavy atom. The lowest BCUT2D eigenvalue weighted by Gasteiger charge is -2.31. The molecule has 5 rings (SSSR count). The Balaban J connectivity index is 1.43. The number of rotatable bonds is 7. The third-order valence-corrected chi connectivity index (χ3v) is 7.42. The highest BCUT2D eigenvalue weighted by atomic mass is 32.2. The van der Waals surface area contributed by atoms with Crippen LogP contribution in [-0.4, -0.2) is 60.4 Å². The smallest absolute Gasteiger partial charge is 0.269 e. The Bertz CT molecular complexity index is 1390. The molecule has 3 aromatic carbocycles. The number of anilines is 3. The van der Waals surface area contributed by atoms with Crippen LogP contribution in [0, 0.1) is 0 Å². The number of para-hydroxylation sites is 4. The number of carbonyl (C=O) groups excluding carboxylic acids is 1. The Morgan fingerprint density at radius 1 is 1.00 bits per heavy atom. The summed E-state index contributed by atoms with van der Waals surface area (Å²) in [7, 11) is -2.60. The quantitative estimate of drug-likeness (QED) is 0.484. The summed E-state index contributed by atoms with van der Waals surface area (Å²) >= 11 is 0. The first-order chi connectivity index (χ1) is 17.9. The average molecular weight is 526 g/mol. The Labute approximate surface area is 215 Å². The van der Waals surface area contributed by atoms with Crippen molar-refractivity contribution in [3.63, 3.8) is 0 Å². The molecule has 2 aliphatic heterocycles. The van der Waals surface area contributed by atoms with Gasteiger partial charge in [-0.25, -0.2) is 8.42 Å². The predicted octanol–water partition coefficient (Wildman–Crippen LogP) is 3.11. The van der Waals surface area contributed by atoms with Crippen LogP contribution in [0.15, 0.2) is 71.6 Å². The van der Waals surface area contributed by atoms with Gasteiger partial charge in [0.15, 0.2) is 11.5 Å². The van der Waals surface area contributed by atoms with Gasteiger partial charge in [-0.05, 0) is 42.5 Å². The maximum atomic E-state index is 13.6. The van der Waals surface area contributed by atoms with Gasteiger partial charge in [0.1, 0.15) is 17.3 Å². The van der Waals surface area contributed by atoms with Crippen LogP contribution in [0.1, 0.15) is 0 Å². The van der Waals surface area contributed by atoms with Gasteiger partial charge in [-0.1, -0.05) is 24.3 Å². The number of ether oxygens (including phenoxy) is 4. The van der Waals surface area contributed by atoms with Crippen LogP contribution in [0.3, 0.4) is 0 Å². The molecule has 0 bridgehead atoms.